The fraction of sp³-hybridized carbons (Fsp3) is 0.130. The van der Waals surface area contributed by atoms with Crippen LogP contribution in [0, 0.1) is 12.7 Å². The molecule has 0 saturated heterocycles. The summed E-state index contributed by atoms with van der Waals surface area (Å²) in [6.45, 7) is 1.93. The van der Waals surface area contributed by atoms with Crippen molar-refractivity contribution in [1.29, 1.82) is 0 Å². The van der Waals surface area contributed by atoms with Crippen molar-refractivity contribution < 1.29 is 14.0 Å². The number of anilines is 1. The molecular formula is C23H22FN3O2. The molecule has 1 atom stereocenters. The summed E-state index contributed by atoms with van der Waals surface area (Å²) in [6, 6.07) is 22.5. The zero-order valence-electron chi connectivity index (χ0n) is 16.0. The Labute approximate surface area is 169 Å². The second kappa shape index (κ2) is 9.61. The van der Waals surface area contributed by atoms with Crippen LogP contribution >= 0.6 is 0 Å². The van der Waals surface area contributed by atoms with Crippen molar-refractivity contribution in [3.8, 4) is 0 Å². The summed E-state index contributed by atoms with van der Waals surface area (Å²) in [5.41, 5.74) is 3.15. The maximum atomic E-state index is 13.6. The zero-order chi connectivity index (χ0) is 20.6. The van der Waals surface area contributed by atoms with E-state index in [1.807, 2.05) is 61.5 Å². The molecule has 0 heterocycles. The van der Waals surface area contributed by atoms with Crippen molar-refractivity contribution in [2.75, 3.05) is 11.9 Å². The van der Waals surface area contributed by atoms with Gasteiger partial charge in [-0.3, -0.25) is 15.4 Å². The van der Waals surface area contributed by atoms with Gasteiger partial charge >= 0.3 is 6.03 Å². The van der Waals surface area contributed by atoms with Gasteiger partial charge in [-0.2, -0.15) is 0 Å². The van der Waals surface area contributed by atoms with Crippen molar-refractivity contribution in [3.63, 3.8) is 0 Å². The number of amides is 3. The highest BCUT2D eigenvalue weighted by molar-refractivity contribution is 6.01. The molecule has 3 rings (SSSR count). The lowest BCUT2D eigenvalue weighted by molar-refractivity contribution is -0.119. The molecule has 0 aliphatic heterocycles. The molecule has 0 radical (unpaired) electrons. The standard InChI is InChI=1S/C23H22FN3O2/c1-16-11-13-18(14-12-16)22(17-7-3-2-4-8-17)25-15-21(28)27-23(29)26-20-10-6-5-9-19(20)24/h2-14,22,25H,15H2,1H3,(H2,26,27,28,29)/t22-/m1/s1. The number of imide groups is 1. The molecule has 3 N–H and O–H groups in total. The number of aryl methyl sites for hydroxylation is 1. The smallest absolute Gasteiger partial charge is 0.305 e. The van der Waals surface area contributed by atoms with Crippen LogP contribution in [0.15, 0.2) is 78.9 Å². The fourth-order valence-electron chi connectivity index (χ4n) is 2.91. The Hall–Kier alpha value is -3.51. The Morgan fingerprint density at radius 1 is 0.862 bits per heavy atom. The third-order valence-electron chi connectivity index (χ3n) is 4.39. The average Bonchev–Trinajstić information content (AvgIpc) is 2.72. The number of carbonyl (C=O) groups excluding carboxylic acids is 2. The Morgan fingerprint density at radius 2 is 1.48 bits per heavy atom. The number of benzene rings is 3. The summed E-state index contributed by atoms with van der Waals surface area (Å²) in [4.78, 5) is 24.2. The molecule has 3 amide bonds. The predicted molar refractivity (Wildman–Crippen MR) is 111 cm³/mol. The van der Waals surface area contributed by atoms with Gasteiger partial charge < -0.3 is 5.32 Å². The molecule has 3 aromatic rings. The van der Waals surface area contributed by atoms with Gasteiger partial charge in [-0.05, 0) is 30.2 Å². The minimum absolute atomic E-state index is 0.00702. The normalized spacial score (nSPS) is 11.5. The number of rotatable bonds is 6. The van der Waals surface area contributed by atoms with Crippen LogP contribution in [0.1, 0.15) is 22.7 Å². The van der Waals surface area contributed by atoms with Crippen LogP contribution in [0.5, 0.6) is 0 Å². The van der Waals surface area contributed by atoms with E-state index in [9.17, 15) is 14.0 Å². The van der Waals surface area contributed by atoms with Crippen LogP contribution in [0.25, 0.3) is 0 Å². The number of para-hydroxylation sites is 1. The van der Waals surface area contributed by atoms with Gasteiger partial charge in [0.15, 0.2) is 0 Å². The van der Waals surface area contributed by atoms with E-state index < -0.39 is 17.8 Å². The topological polar surface area (TPSA) is 70.2 Å². The van der Waals surface area contributed by atoms with E-state index in [2.05, 4.69) is 16.0 Å². The number of carbonyl (C=O) groups is 2. The minimum Gasteiger partial charge on any atom is -0.305 e. The van der Waals surface area contributed by atoms with Crippen LogP contribution in [0.2, 0.25) is 0 Å². The summed E-state index contributed by atoms with van der Waals surface area (Å²) in [7, 11) is 0. The second-order valence-corrected chi connectivity index (χ2v) is 6.62. The largest absolute Gasteiger partial charge is 0.326 e. The van der Waals surface area contributed by atoms with Crippen LogP contribution in [0.3, 0.4) is 0 Å². The fourth-order valence-corrected chi connectivity index (χ4v) is 2.91. The van der Waals surface area contributed by atoms with Gasteiger partial charge in [0.25, 0.3) is 0 Å². The van der Waals surface area contributed by atoms with E-state index in [0.717, 1.165) is 16.7 Å². The number of halogens is 1. The maximum absolute atomic E-state index is 13.6. The van der Waals surface area contributed by atoms with E-state index in [4.69, 9.17) is 0 Å². The first-order chi connectivity index (χ1) is 14.0. The molecule has 0 aliphatic rings. The summed E-state index contributed by atoms with van der Waals surface area (Å²) in [5, 5.41) is 7.72. The Morgan fingerprint density at radius 3 is 2.17 bits per heavy atom. The lowest BCUT2D eigenvalue weighted by Crippen LogP contribution is -2.41. The highest BCUT2D eigenvalue weighted by Gasteiger charge is 2.16. The third-order valence-corrected chi connectivity index (χ3v) is 4.39. The number of hydrogen-bond donors (Lipinski definition) is 3. The van der Waals surface area contributed by atoms with Crippen molar-refractivity contribution in [2.24, 2.45) is 0 Å². The number of urea groups is 1. The quantitative estimate of drug-likeness (QED) is 0.591. The number of nitrogens with one attached hydrogen (secondary N) is 3. The number of hydrogen-bond acceptors (Lipinski definition) is 3. The van der Waals surface area contributed by atoms with Crippen molar-refractivity contribution in [2.45, 2.75) is 13.0 Å². The van der Waals surface area contributed by atoms with Crippen LogP contribution < -0.4 is 16.0 Å². The van der Waals surface area contributed by atoms with E-state index in [1.54, 1.807) is 6.07 Å². The Kier molecular flexibility index (Phi) is 6.71. The molecule has 0 aliphatic carbocycles. The van der Waals surface area contributed by atoms with Gasteiger partial charge in [-0.1, -0.05) is 72.3 Å². The molecule has 6 heteroatoms. The van der Waals surface area contributed by atoms with E-state index >= 15 is 0 Å². The van der Waals surface area contributed by atoms with Crippen LogP contribution in [0.4, 0.5) is 14.9 Å². The van der Waals surface area contributed by atoms with Crippen LogP contribution in [-0.4, -0.2) is 18.5 Å². The highest BCUT2D eigenvalue weighted by atomic mass is 19.1. The van der Waals surface area contributed by atoms with E-state index in [0.29, 0.717) is 0 Å². The van der Waals surface area contributed by atoms with Gasteiger partial charge in [0.2, 0.25) is 5.91 Å². The highest BCUT2D eigenvalue weighted by Crippen LogP contribution is 2.22. The molecule has 0 spiro atoms. The third kappa shape index (κ3) is 5.73. The minimum atomic E-state index is -0.784. The molecular weight excluding hydrogens is 369 g/mol. The summed E-state index contributed by atoms with van der Waals surface area (Å²) in [5.74, 6) is -1.09. The van der Waals surface area contributed by atoms with Gasteiger partial charge in [0.05, 0.1) is 18.3 Å². The second-order valence-electron chi connectivity index (χ2n) is 6.62. The molecule has 29 heavy (non-hydrogen) atoms. The SMILES string of the molecule is Cc1ccc([C@H](NCC(=O)NC(=O)Nc2ccccc2F)c2ccccc2)cc1. The molecule has 148 valence electrons. The molecule has 0 aromatic heterocycles. The lowest BCUT2D eigenvalue weighted by Gasteiger charge is -2.20. The predicted octanol–water partition coefficient (Wildman–Crippen LogP) is 4.16. The monoisotopic (exact) mass is 391 g/mol. The van der Waals surface area contributed by atoms with Gasteiger partial charge in [-0.25, -0.2) is 9.18 Å². The first kappa shape index (κ1) is 20.2. The van der Waals surface area contributed by atoms with Gasteiger partial charge in [0, 0.05) is 0 Å². The average molecular weight is 391 g/mol. The molecule has 3 aromatic carbocycles. The molecule has 0 bridgehead atoms. The summed E-state index contributed by atoms with van der Waals surface area (Å²) in [6.07, 6.45) is 0. The van der Waals surface area contributed by atoms with Gasteiger partial charge in [0.1, 0.15) is 5.82 Å². The Balaban J connectivity index is 1.63. The summed E-state index contributed by atoms with van der Waals surface area (Å²) >= 11 is 0. The maximum Gasteiger partial charge on any atom is 0.326 e. The lowest BCUT2D eigenvalue weighted by atomic mass is 9.98. The Bertz CT molecular complexity index is 975. The van der Waals surface area contributed by atoms with E-state index in [1.165, 1.54) is 18.2 Å². The van der Waals surface area contributed by atoms with Crippen LogP contribution in [-0.2, 0) is 4.79 Å². The van der Waals surface area contributed by atoms with Crippen molar-refractivity contribution in [3.05, 3.63) is 101 Å². The molecule has 5 nitrogen and oxygen atoms in total. The molecule has 0 fully saturated rings. The zero-order valence-corrected chi connectivity index (χ0v) is 16.0. The summed E-state index contributed by atoms with van der Waals surface area (Å²) < 4.78 is 13.6. The van der Waals surface area contributed by atoms with Crippen molar-refractivity contribution >= 4 is 17.6 Å². The van der Waals surface area contributed by atoms with Gasteiger partial charge in [-0.15, -0.1) is 0 Å². The molecule has 0 unspecified atom stereocenters. The first-order valence-corrected chi connectivity index (χ1v) is 9.23. The van der Waals surface area contributed by atoms with Crippen molar-refractivity contribution in [1.82, 2.24) is 10.6 Å². The van der Waals surface area contributed by atoms with E-state index in [-0.39, 0.29) is 18.3 Å². The molecule has 0 saturated carbocycles. The first-order valence-electron chi connectivity index (χ1n) is 9.23.